The number of rotatable bonds is 4. The Hall–Kier alpha value is -1.06. The average molecular weight is 209 g/mol. The highest BCUT2D eigenvalue weighted by atomic mass is 16.5. The standard InChI is InChI=1S/C12H19NO2/c1-8(2)15-11-6-4-10(5-7-11)12(14)9(3)13/h4-9,12,14H,13H2,1-3H3/t9-,12-/m1/s1. The Bertz CT molecular complexity index is 293. The van der Waals surface area contributed by atoms with E-state index >= 15 is 0 Å². The summed E-state index contributed by atoms with van der Waals surface area (Å²) in [5.41, 5.74) is 6.43. The van der Waals surface area contributed by atoms with Crippen LogP contribution in [-0.2, 0) is 0 Å². The minimum atomic E-state index is -0.613. The zero-order valence-electron chi connectivity index (χ0n) is 9.47. The zero-order chi connectivity index (χ0) is 11.4. The summed E-state index contributed by atoms with van der Waals surface area (Å²) in [4.78, 5) is 0. The van der Waals surface area contributed by atoms with Crippen LogP contribution in [0.5, 0.6) is 5.75 Å². The van der Waals surface area contributed by atoms with E-state index in [1.807, 2.05) is 38.1 Å². The van der Waals surface area contributed by atoms with Gasteiger partial charge in [-0.2, -0.15) is 0 Å². The molecule has 1 aromatic rings. The first-order chi connectivity index (χ1) is 7.00. The van der Waals surface area contributed by atoms with Crippen molar-refractivity contribution in [2.75, 3.05) is 0 Å². The van der Waals surface area contributed by atoms with Crippen molar-refractivity contribution in [1.29, 1.82) is 0 Å². The molecular formula is C12H19NO2. The van der Waals surface area contributed by atoms with Gasteiger partial charge in [0.05, 0.1) is 12.2 Å². The van der Waals surface area contributed by atoms with Gasteiger partial charge in [0.25, 0.3) is 0 Å². The van der Waals surface area contributed by atoms with Crippen molar-refractivity contribution >= 4 is 0 Å². The number of ether oxygens (including phenoxy) is 1. The Balaban J connectivity index is 2.72. The molecule has 2 atom stereocenters. The van der Waals surface area contributed by atoms with Crippen molar-refractivity contribution in [2.45, 2.75) is 39.0 Å². The molecule has 0 aromatic heterocycles. The van der Waals surface area contributed by atoms with Crippen molar-refractivity contribution in [1.82, 2.24) is 0 Å². The maximum Gasteiger partial charge on any atom is 0.119 e. The van der Waals surface area contributed by atoms with Gasteiger partial charge in [-0.1, -0.05) is 12.1 Å². The fourth-order valence-electron chi connectivity index (χ4n) is 1.32. The topological polar surface area (TPSA) is 55.5 Å². The van der Waals surface area contributed by atoms with E-state index in [2.05, 4.69) is 0 Å². The zero-order valence-corrected chi connectivity index (χ0v) is 9.47. The molecule has 84 valence electrons. The Kier molecular flexibility index (Phi) is 4.12. The highest BCUT2D eigenvalue weighted by Gasteiger charge is 2.11. The molecule has 0 aliphatic rings. The molecule has 0 spiro atoms. The van der Waals surface area contributed by atoms with Crippen molar-refractivity contribution in [3.8, 4) is 5.75 Å². The van der Waals surface area contributed by atoms with E-state index in [9.17, 15) is 5.11 Å². The number of nitrogens with two attached hydrogens (primary N) is 1. The molecule has 3 heteroatoms. The SMILES string of the molecule is CC(C)Oc1ccc([C@H](O)[C@@H](C)N)cc1. The number of aliphatic hydroxyl groups excluding tert-OH is 1. The highest BCUT2D eigenvalue weighted by Crippen LogP contribution is 2.20. The van der Waals surface area contributed by atoms with Gasteiger partial charge < -0.3 is 15.6 Å². The van der Waals surface area contributed by atoms with Crippen LogP contribution in [0.25, 0.3) is 0 Å². The lowest BCUT2D eigenvalue weighted by Crippen LogP contribution is -2.24. The number of hydrogen-bond acceptors (Lipinski definition) is 3. The first-order valence-corrected chi connectivity index (χ1v) is 5.21. The summed E-state index contributed by atoms with van der Waals surface area (Å²) < 4.78 is 5.50. The number of hydrogen-bond donors (Lipinski definition) is 2. The van der Waals surface area contributed by atoms with Crippen LogP contribution >= 0.6 is 0 Å². The van der Waals surface area contributed by atoms with E-state index < -0.39 is 6.10 Å². The van der Waals surface area contributed by atoms with Crippen molar-refractivity contribution < 1.29 is 9.84 Å². The number of benzene rings is 1. The van der Waals surface area contributed by atoms with Crippen molar-refractivity contribution in [2.24, 2.45) is 5.73 Å². The van der Waals surface area contributed by atoms with Gasteiger partial charge in [0, 0.05) is 6.04 Å². The van der Waals surface area contributed by atoms with Gasteiger partial charge in [-0.3, -0.25) is 0 Å². The summed E-state index contributed by atoms with van der Waals surface area (Å²) in [5.74, 6) is 0.811. The van der Waals surface area contributed by atoms with Crippen LogP contribution in [0.15, 0.2) is 24.3 Å². The minimum absolute atomic E-state index is 0.161. The normalized spacial score (nSPS) is 15.1. The maximum absolute atomic E-state index is 9.70. The fraction of sp³-hybridized carbons (Fsp3) is 0.500. The Morgan fingerprint density at radius 2 is 1.67 bits per heavy atom. The van der Waals surface area contributed by atoms with E-state index in [1.165, 1.54) is 0 Å². The molecule has 0 amide bonds. The van der Waals surface area contributed by atoms with Crippen LogP contribution in [0, 0.1) is 0 Å². The van der Waals surface area contributed by atoms with Gasteiger partial charge in [0.1, 0.15) is 5.75 Å². The van der Waals surface area contributed by atoms with Crippen LogP contribution in [0.2, 0.25) is 0 Å². The lowest BCUT2D eigenvalue weighted by Gasteiger charge is -2.15. The van der Waals surface area contributed by atoms with Gasteiger partial charge >= 0.3 is 0 Å². The minimum Gasteiger partial charge on any atom is -0.491 e. The highest BCUT2D eigenvalue weighted by molar-refractivity contribution is 5.29. The molecule has 0 aliphatic heterocycles. The van der Waals surface area contributed by atoms with E-state index in [0.29, 0.717) is 0 Å². The molecule has 3 N–H and O–H groups in total. The summed E-state index contributed by atoms with van der Waals surface area (Å²) in [6.45, 7) is 5.73. The van der Waals surface area contributed by atoms with E-state index in [4.69, 9.17) is 10.5 Å². The lowest BCUT2D eigenvalue weighted by atomic mass is 10.0. The van der Waals surface area contributed by atoms with E-state index in [0.717, 1.165) is 11.3 Å². The summed E-state index contributed by atoms with van der Waals surface area (Å²) in [5, 5.41) is 9.70. The molecule has 3 nitrogen and oxygen atoms in total. The molecule has 0 bridgehead atoms. The van der Waals surface area contributed by atoms with Gasteiger partial charge in [-0.25, -0.2) is 0 Å². The summed E-state index contributed by atoms with van der Waals surface area (Å²) >= 11 is 0. The molecule has 15 heavy (non-hydrogen) atoms. The third kappa shape index (κ3) is 3.53. The molecule has 1 aromatic carbocycles. The third-order valence-corrected chi connectivity index (χ3v) is 2.09. The Morgan fingerprint density at radius 1 is 1.13 bits per heavy atom. The third-order valence-electron chi connectivity index (χ3n) is 2.09. The van der Waals surface area contributed by atoms with Crippen molar-refractivity contribution in [3.05, 3.63) is 29.8 Å². The molecule has 0 fully saturated rings. The van der Waals surface area contributed by atoms with Gasteiger partial charge in [-0.15, -0.1) is 0 Å². The van der Waals surface area contributed by atoms with E-state index in [-0.39, 0.29) is 12.1 Å². The molecular weight excluding hydrogens is 190 g/mol. The summed E-state index contributed by atoms with van der Waals surface area (Å²) in [6.07, 6.45) is -0.452. The van der Waals surface area contributed by atoms with Crippen LogP contribution in [0.4, 0.5) is 0 Å². The first-order valence-electron chi connectivity index (χ1n) is 5.21. The van der Waals surface area contributed by atoms with Crippen LogP contribution in [0.1, 0.15) is 32.4 Å². The molecule has 1 rings (SSSR count). The fourth-order valence-corrected chi connectivity index (χ4v) is 1.32. The average Bonchev–Trinajstić information content (AvgIpc) is 2.17. The second-order valence-electron chi connectivity index (χ2n) is 4.04. The lowest BCUT2D eigenvalue weighted by molar-refractivity contribution is 0.153. The smallest absolute Gasteiger partial charge is 0.119 e. The van der Waals surface area contributed by atoms with Gasteiger partial charge in [0.15, 0.2) is 0 Å². The first kappa shape index (κ1) is 12.0. The number of aliphatic hydroxyl groups is 1. The van der Waals surface area contributed by atoms with E-state index in [1.54, 1.807) is 6.92 Å². The second-order valence-corrected chi connectivity index (χ2v) is 4.04. The van der Waals surface area contributed by atoms with Crippen LogP contribution < -0.4 is 10.5 Å². The summed E-state index contributed by atoms with van der Waals surface area (Å²) in [7, 11) is 0. The molecule has 0 saturated heterocycles. The Labute approximate surface area is 90.9 Å². The largest absolute Gasteiger partial charge is 0.491 e. The molecule has 0 unspecified atom stereocenters. The molecule has 0 saturated carbocycles. The monoisotopic (exact) mass is 209 g/mol. The quantitative estimate of drug-likeness (QED) is 0.795. The predicted molar refractivity (Wildman–Crippen MR) is 60.8 cm³/mol. The Morgan fingerprint density at radius 3 is 2.07 bits per heavy atom. The second kappa shape index (κ2) is 5.14. The molecule has 0 heterocycles. The van der Waals surface area contributed by atoms with Crippen LogP contribution in [0.3, 0.4) is 0 Å². The molecule has 0 aliphatic carbocycles. The van der Waals surface area contributed by atoms with Gasteiger partial charge in [0.2, 0.25) is 0 Å². The maximum atomic E-state index is 9.70. The predicted octanol–water partition coefficient (Wildman–Crippen LogP) is 1.85. The molecule has 0 radical (unpaired) electrons. The summed E-state index contributed by atoms with van der Waals surface area (Å²) in [6, 6.07) is 7.11. The van der Waals surface area contributed by atoms with Crippen LogP contribution in [-0.4, -0.2) is 17.3 Å². The van der Waals surface area contributed by atoms with Gasteiger partial charge in [-0.05, 0) is 38.5 Å². The van der Waals surface area contributed by atoms with Crippen molar-refractivity contribution in [3.63, 3.8) is 0 Å².